The molecule has 0 saturated carbocycles. The first-order valence-corrected chi connectivity index (χ1v) is 7.76. The van der Waals surface area contributed by atoms with Crippen molar-refractivity contribution in [3.63, 3.8) is 0 Å². The van der Waals surface area contributed by atoms with Gasteiger partial charge in [-0.3, -0.25) is 0 Å². The van der Waals surface area contributed by atoms with Gasteiger partial charge < -0.3 is 0 Å². The van der Waals surface area contributed by atoms with Crippen molar-refractivity contribution in [1.29, 1.82) is 0 Å². The maximum Gasteiger partial charge on any atom is 0.212 e. The second-order valence-corrected chi connectivity index (χ2v) is 6.29. The maximum atomic E-state index is 4.77. The van der Waals surface area contributed by atoms with Crippen LogP contribution in [0.25, 0.3) is 16.2 Å². The zero-order valence-electron chi connectivity index (χ0n) is 9.88. The van der Waals surface area contributed by atoms with Crippen LogP contribution in [0.1, 0.15) is 17.6 Å². The number of imidazole rings is 1. The summed E-state index contributed by atoms with van der Waals surface area (Å²) < 4.78 is 2.03. The molecule has 0 unspecified atom stereocenters. The minimum absolute atomic E-state index is 0.959. The molecule has 2 aromatic heterocycles. The van der Waals surface area contributed by atoms with E-state index in [-0.39, 0.29) is 0 Å². The van der Waals surface area contributed by atoms with Crippen LogP contribution >= 0.6 is 23.1 Å². The molecule has 4 rings (SSSR count). The van der Waals surface area contributed by atoms with Gasteiger partial charge in [-0.05, 0) is 12.5 Å². The summed E-state index contributed by atoms with van der Waals surface area (Å²) in [6.07, 6.45) is 0.979. The fourth-order valence-corrected chi connectivity index (χ4v) is 4.15. The molecule has 0 fully saturated rings. The molecule has 0 bridgehead atoms. The third-order valence-corrected chi connectivity index (χ3v) is 5.28. The molecule has 0 saturated heterocycles. The molecule has 1 aliphatic heterocycles. The number of aryl methyl sites for hydroxylation is 1. The van der Waals surface area contributed by atoms with Gasteiger partial charge in [0.05, 0.1) is 11.4 Å². The Balaban J connectivity index is 2.00. The lowest BCUT2D eigenvalue weighted by atomic mass is 10.1. The summed E-state index contributed by atoms with van der Waals surface area (Å²) in [6, 6.07) is 8.48. The van der Waals surface area contributed by atoms with Crippen LogP contribution in [-0.4, -0.2) is 14.6 Å². The Morgan fingerprint density at radius 3 is 3.11 bits per heavy atom. The van der Waals surface area contributed by atoms with E-state index < -0.39 is 0 Å². The van der Waals surface area contributed by atoms with Gasteiger partial charge in [-0.15, -0.1) is 11.8 Å². The van der Waals surface area contributed by atoms with E-state index >= 15 is 0 Å². The van der Waals surface area contributed by atoms with Gasteiger partial charge >= 0.3 is 0 Å². The first kappa shape index (κ1) is 10.6. The first-order valence-electron chi connectivity index (χ1n) is 5.96. The number of benzene rings is 1. The number of hydrogen-bond acceptors (Lipinski definition) is 4. The maximum absolute atomic E-state index is 4.77. The van der Waals surface area contributed by atoms with E-state index in [1.807, 2.05) is 16.3 Å². The minimum atomic E-state index is 0.959. The zero-order valence-corrected chi connectivity index (χ0v) is 11.5. The van der Waals surface area contributed by atoms with Crippen molar-refractivity contribution in [2.45, 2.75) is 24.0 Å². The van der Waals surface area contributed by atoms with Crippen LogP contribution in [0.15, 0.2) is 29.2 Å². The molecule has 0 amide bonds. The zero-order chi connectivity index (χ0) is 12.1. The summed E-state index contributed by atoms with van der Waals surface area (Å²) in [5.74, 6) is 0.959. The highest BCUT2D eigenvalue weighted by Gasteiger charge is 2.23. The molecule has 3 nitrogen and oxygen atoms in total. The second kappa shape index (κ2) is 3.83. The average Bonchev–Trinajstić information content (AvgIpc) is 2.95. The predicted octanol–water partition coefficient (Wildman–Crippen LogP) is 3.63. The molecule has 0 aliphatic carbocycles. The molecular weight excluding hydrogens is 262 g/mol. The van der Waals surface area contributed by atoms with Crippen molar-refractivity contribution in [3.8, 4) is 11.3 Å². The van der Waals surface area contributed by atoms with Gasteiger partial charge in [0.1, 0.15) is 5.01 Å². The lowest BCUT2D eigenvalue weighted by Crippen LogP contribution is -1.99. The van der Waals surface area contributed by atoms with Crippen molar-refractivity contribution in [3.05, 3.63) is 35.0 Å². The summed E-state index contributed by atoms with van der Waals surface area (Å²) >= 11 is 3.57. The topological polar surface area (TPSA) is 30.2 Å². The van der Waals surface area contributed by atoms with Crippen LogP contribution in [0.2, 0.25) is 0 Å². The van der Waals surface area contributed by atoms with Gasteiger partial charge in [-0.1, -0.05) is 36.5 Å². The molecule has 18 heavy (non-hydrogen) atoms. The molecule has 0 N–H and O–H groups in total. The van der Waals surface area contributed by atoms with Crippen LogP contribution in [0.4, 0.5) is 0 Å². The van der Waals surface area contributed by atoms with E-state index in [0.717, 1.165) is 27.8 Å². The van der Waals surface area contributed by atoms with Crippen LogP contribution in [0, 0.1) is 0 Å². The molecule has 1 aromatic carbocycles. The van der Waals surface area contributed by atoms with Crippen LogP contribution in [-0.2, 0) is 12.2 Å². The molecule has 90 valence electrons. The Morgan fingerprint density at radius 2 is 2.22 bits per heavy atom. The van der Waals surface area contributed by atoms with E-state index in [4.69, 9.17) is 4.98 Å². The summed E-state index contributed by atoms with van der Waals surface area (Å²) in [4.78, 5) is 7.12. The summed E-state index contributed by atoms with van der Waals surface area (Å²) in [5.41, 5.74) is 3.61. The van der Waals surface area contributed by atoms with E-state index in [1.165, 1.54) is 16.2 Å². The number of aromatic nitrogens is 3. The molecular formula is C13H11N3S2. The first-order chi connectivity index (χ1) is 8.86. The second-order valence-electron chi connectivity index (χ2n) is 4.24. The smallest absolute Gasteiger partial charge is 0.212 e. The van der Waals surface area contributed by atoms with E-state index in [1.54, 1.807) is 11.3 Å². The van der Waals surface area contributed by atoms with Crippen molar-refractivity contribution in [1.82, 2.24) is 14.6 Å². The van der Waals surface area contributed by atoms with Crippen LogP contribution in [0.3, 0.4) is 0 Å². The third-order valence-electron chi connectivity index (χ3n) is 3.15. The Labute approximate surface area is 113 Å². The van der Waals surface area contributed by atoms with Crippen molar-refractivity contribution in [2.24, 2.45) is 0 Å². The number of thioether (sulfide) groups is 1. The summed E-state index contributed by atoms with van der Waals surface area (Å²) in [7, 11) is 0. The van der Waals surface area contributed by atoms with Crippen molar-refractivity contribution >= 4 is 28.1 Å². The highest BCUT2D eigenvalue weighted by atomic mass is 32.2. The number of nitrogens with zero attached hydrogens (tertiary/aromatic N) is 3. The quantitative estimate of drug-likeness (QED) is 0.678. The lowest BCUT2D eigenvalue weighted by molar-refractivity contribution is 0.876. The largest absolute Gasteiger partial charge is 0.217 e. The summed E-state index contributed by atoms with van der Waals surface area (Å²) in [5, 5.41) is 5.79. The highest BCUT2D eigenvalue weighted by Crippen LogP contribution is 2.41. The SMILES string of the molecule is CCc1nn2c3c(nc2s1)-c1ccccc1SC3. The van der Waals surface area contributed by atoms with E-state index in [9.17, 15) is 0 Å². The fraction of sp³-hybridized carbons (Fsp3) is 0.231. The van der Waals surface area contributed by atoms with Gasteiger partial charge in [0.2, 0.25) is 4.96 Å². The molecule has 1 aliphatic rings. The molecule has 3 aromatic rings. The monoisotopic (exact) mass is 273 g/mol. The lowest BCUT2D eigenvalue weighted by Gasteiger charge is -2.14. The van der Waals surface area contributed by atoms with Crippen LogP contribution < -0.4 is 0 Å². The Bertz CT molecular complexity index is 742. The number of fused-ring (bicyclic) bond motifs is 5. The van der Waals surface area contributed by atoms with Crippen LogP contribution in [0.5, 0.6) is 0 Å². The number of rotatable bonds is 1. The van der Waals surface area contributed by atoms with Gasteiger partial charge in [0.25, 0.3) is 0 Å². The minimum Gasteiger partial charge on any atom is -0.217 e. The normalized spacial score (nSPS) is 13.6. The molecule has 5 heteroatoms. The molecule has 0 spiro atoms. The van der Waals surface area contributed by atoms with E-state index in [2.05, 4.69) is 36.3 Å². The standard InChI is InChI=1S/C13H11N3S2/c1-2-11-15-16-9-7-17-10-6-4-3-5-8(10)12(9)14-13(16)18-11/h3-6H,2,7H2,1H3. The molecule has 0 radical (unpaired) electrons. The predicted molar refractivity (Wildman–Crippen MR) is 75.2 cm³/mol. The Morgan fingerprint density at radius 1 is 1.33 bits per heavy atom. The Kier molecular flexibility index (Phi) is 2.25. The fourth-order valence-electron chi connectivity index (χ4n) is 2.25. The van der Waals surface area contributed by atoms with Crippen molar-refractivity contribution in [2.75, 3.05) is 0 Å². The third kappa shape index (κ3) is 1.37. The van der Waals surface area contributed by atoms with Gasteiger partial charge in [-0.2, -0.15) is 5.10 Å². The van der Waals surface area contributed by atoms with Crippen molar-refractivity contribution < 1.29 is 0 Å². The summed E-state index contributed by atoms with van der Waals surface area (Å²) in [6.45, 7) is 2.13. The molecule has 3 heterocycles. The van der Waals surface area contributed by atoms with Gasteiger partial charge in [0.15, 0.2) is 0 Å². The highest BCUT2D eigenvalue weighted by molar-refractivity contribution is 7.98. The average molecular weight is 273 g/mol. The molecule has 0 atom stereocenters. The van der Waals surface area contributed by atoms with Gasteiger partial charge in [0, 0.05) is 16.2 Å². The Hall–Kier alpha value is -1.33. The van der Waals surface area contributed by atoms with E-state index in [0.29, 0.717) is 0 Å². The van der Waals surface area contributed by atoms with Gasteiger partial charge in [-0.25, -0.2) is 9.50 Å². The number of hydrogen-bond donors (Lipinski definition) is 0.